The standard InChI is InChI=1S/C17H14FN5O2/c1-23-16(24)8-6-14(22-23)17(25)21-15-7-5-13(10-19-15)20-12-4-2-3-11(18)9-12/h2-10,20H,1H3,(H,19,21,25). The molecule has 0 bridgehead atoms. The van der Waals surface area contributed by atoms with Gasteiger partial charge in [0.2, 0.25) is 0 Å². The van der Waals surface area contributed by atoms with Crippen LogP contribution in [0.1, 0.15) is 10.5 Å². The summed E-state index contributed by atoms with van der Waals surface area (Å²) in [6.07, 6.45) is 1.51. The van der Waals surface area contributed by atoms with Gasteiger partial charge >= 0.3 is 0 Å². The van der Waals surface area contributed by atoms with Crippen LogP contribution in [0.4, 0.5) is 21.6 Å². The van der Waals surface area contributed by atoms with Crippen LogP contribution in [0.5, 0.6) is 0 Å². The van der Waals surface area contributed by atoms with E-state index in [-0.39, 0.29) is 17.1 Å². The highest BCUT2D eigenvalue weighted by atomic mass is 19.1. The number of nitrogens with zero attached hydrogens (tertiary/aromatic N) is 3. The molecule has 0 radical (unpaired) electrons. The first-order valence-corrected chi connectivity index (χ1v) is 7.35. The smallest absolute Gasteiger partial charge is 0.277 e. The summed E-state index contributed by atoms with van der Waals surface area (Å²) < 4.78 is 14.2. The third kappa shape index (κ3) is 4.05. The van der Waals surface area contributed by atoms with E-state index in [9.17, 15) is 14.0 Å². The largest absolute Gasteiger partial charge is 0.354 e. The molecule has 2 N–H and O–H groups in total. The molecule has 25 heavy (non-hydrogen) atoms. The molecule has 0 saturated carbocycles. The third-order valence-corrected chi connectivity index (χ3v) is 3.31. The normalized spacial score (nSPS) is 10.3. The van der Waals surface area contributed by atoms with Gasteiger partial charge in [0.25, 0.3) is 11.5 Å². The number of benzene rings is 1. The van der Waals surface area contributed by atoms with E-state index >= 15 is 0 Å². The molecule has 0 aliphatic rings. The summed E-state index contributed by atoms with van der Waals surface area (Å²) in [6.45, 7) is 0. The molecule has 7 nitrogen and oxygen atoms in total. The summed E-state index contributed by atoms with van der Waals surface area (Å²) in [7, 11) is 1.46. The van der Waals surface area contributed by atoms with Gasteiger partial charge in [0.1, 0.15) is 17.3 Å². The summed E-state index contributed by atoms with van der Waals surface area (Å²) in [5.74, 6) is -0.494. The zero-order chi connectivity index (χ0) is 17.8. The zero-order valence-electron chi connectivity index (χ0n) is 13.2. The van der Waals surface area contributed by atoms with E-state index in [1.54, 1.807) is 24.3 Å². The van der Waals surface area contributed by atoms with E-state index in [0.29, 0.717) is 17.2 Å². The summed E-state index contributed by atoms with van der Waals surface area (Å²) in [5.41, 5.74) is 1.03. The molecular weight excluding hydrogens is 325 g/mol. The lowest BCUT2D eigenvalue weighted by molar-refractivity contribution is 0.101. The van der Waals surface area contributed by atoms with E-state index in [4.69, 9.17) is 0 Å². The Bertz CT molecular complexity index is 969. The zero-order valence-corrected chi connectivity index (χ0v) is 13.2. The van der Waals surface area contributed by atoms with Crippen molar-refractivity contribution >= 4 is 23.1 Å². The maximum absolute atomic E-state index is 13.2. The maximum Gasteiger partial charge on any atom is 0.277 e. The number of aromatic nitrogens is 3. The average molecular weight is 339 g/mol. The molecule has 0 fully saturated rings. The molecule has 8 heteroatoms. The predicted octanol–water partition coefficient (Wildman–Crippen LogP) is 2.31. The van der Waals surface area contributed by atoms with Crippen molar-refractivity contribution in [2.24, 2.45) is 7.05 Å². The maximum atomic E-state index is 13.2. The minimum atomic E-state index is -0.478. The molecule has 0 aliphatic carbocycles. The fraction of sp³-hybridized carbons (Fsp3) is 0.0588. The van der Waals surface area contributed by atoms with Crippen LogP contribution in [0.15, 0.2) is 59.5 Å². The van der Waals surface area contributed by atoms with E-state index in [2.05, 4.69) is 20.7 Å². The molecule has 0 aliphatic heterocycles. The molecule has 2 aromatic heterocycles. The number of nitrogens with one attached hydrogen (secondary N) is 2. The quantitative estimate of drug-likeness (QED) is 0.761. The number of halogens is 1. The van der Waals surface area contributed by atoms with Crippen molar-refractivity contribution in [3.63, 3.8) is 0 Å². The van der Waals surface area contributed by atoms with Crippen LogP contribution in [-0.2, 0) is 7.05 Å². The lowest BCUT2D eigenvalue weighted by Crippen LogP contribution is -2.23. The van der Waals surface area contributed by atoms with Crippen molar-refractivity contribution in [2.75, 3.05) is 10.6 Å². The highest BCUT2D eigenvalue weighted by Gasteiger charge is 2.09. The van der Waals surface area contributed by atoms with E-state index in [1.807, 2.05) is 0 Å². The fourth-order valence-electron chi connectivity index (χ4n) is 2.08. The molecule has 3 rings (SSSR count). The Labute approximate surface area is 142 Å². The van der Waals surface area contributed by atoms with Crippen molar-refractivity contribution in [1.82, 2.24) is 14.8 Å². The minimum Gasteiger partial charge on any atom is -0.354 e. The second kappa shape index (κ2) is 6.91. The van der Waals surface area contributed by atoms with Crippen LogP contribution in [0.3, 0.4) is 0 Å². The monoisotopic (exact) mass is 339 g/mol. The number of rotatable bonds is 4. The van der Waals surface area contributed by atoms with Gasteiger partial charge < -0.3 is 10.6 Å². The summed E-state index contributed by atoms with van der Waals surface area (Å²) >= 11 is 0. The fourth-order valence-corrected chi connectivity index (χ4v) is 2.08. The van der Waals surface area contributed by atoms with Crippen molar-refractivity contribution in [1.29, 1.82) is 0 Å². The highest BCUT2D eigenvalue weighted by molar-refractivity contribution is 6.02. The number of hydrogen-bond acceptors (Lipinski definition) is 5. The number of pyridine rings is 1. The number of aryl methyl sites for hydroxylation is 1. The Morgan fingerprint density at radius 1 is 1.12 bits per heavy atom. The van der Waals surface area contributed by atoms with Crippen molar-refractivity contribution in [2.45, 2.75) is 0 Å². The summed E-state index contributed by atoms with van der Waals surface area (Å²) in [5, 5.41) is 9.46. The molecule has 126 valence electrons. The first-order chi connectivity index (χ1) is 12.0. The van der Waals surface area contributed by atoms with Crippen LogP contribution in [-0.4, -0.2) is 20.7 Å². The van der Waals surface area contributed by atoms with Gasteiger partial charge in [-0.25, -0.2) is 14.1 Å². The van der Waals surface area contributed by atoms with E-state index < -0.39 is 5.91 Å². The van der Waals surface area contributed by atoms with Gasteiger partial charge in [-0.05, 0) is 36.4 Å². The summed E-state index contributed by atoms with van der Waals surface area (Å²) in [4.78, 5) is 27.5. The van der Waals surface area contributed by atoms with E-state index in [0.717, 1.165) is 4.68 Å². The number of hydrogen-bond donors (Lipinski definition) is 2. The third-order valence-electron chi connectivity index (χ3n) is 3.31. The first-order valence-electron chi connectivity index (χ1n) is 7.35. The Hall–Kier alpha value is -3.55. The van der Waals surface area contributed by atoms with Crippen LogP contribution >= 0.6 is 0 Å². The molecule has 0 atom stereocenters. The van der Waals surface area contributed by atoms with Gasteiger partial charge in [0.05, 0.1) is 11.9 Å². The van der Waals surface area contributed by atoms with Gasteiger partial charge in [0.15, 0.2) is 0 Å². The molecule has 0 spiro atoms. The molecule has 3 aromatic rings. The predicted molar refractivity (Wildman–Crippen MR) is 91.4 cm³/mol. The molecule has 1 amide bonds. The number of carbonyl (C=O) groups excluding carboxylic acids is 1. The highest BCUT2D eigenvalue weighted by Crippen LogP contribution is 2.17. The molecule has 1 aromatic carbocycles. The van der Waals surface area contributed by atoms with Crippen molar-refractivity contribution < 1.29 is 9.18 Å². The van der Waals surface area contributed by atoms with Gasteiger partial charge in [-0.3, -0.25) is 9.59 Å². The molecule has 0 unspecified atom stereocenters. The SMILES string of the molecule is Cn1nc(C(=O)Nc2ccc(Nc3cccc(F)c3)cn2)ccc1=O. The van der Waals surface area contributed by atoms with Crippen LogP contribution in [0.25, 0.3) is 0 Å². The van der Waals surface area contributed by atoms with Gasteiger partial charge in [-0.15, -0.1) is 0 Å². The Morgan fingerprint density at radius 3 is 2.64 bits per heavy atom. The minimum absolute atomic E-state index is 0.103. The lowest BCUT2D eigenvalue weighted by atomic mass is 10.3. The average Bonchev–Trinajstić information content (AvgIpc) is 2.59. The molecular formula is C17H14FN5O2. The number of anilines is 3. The van der Waals surface area contributed by atoms with Gasteiger partial charge in [0, 0.05) is 18.8 Å². The van der Waals surface area contributed by atoms with Crippen LogP contribution < -0.4 is 16.2 Å². The topological polar surface area (TPSA) is 88.9 Å². The lowest BCUT2D eigenvalue weighted by Gasteiger charge is -2.08. The Morgan fingerprint density at radius 2 is 1.96 bits per heavy atom. The van der Waals surface area contributed by atoms with Crippen LogP contribution in [0, 0.1) is 5.82 Å². The Kier molecular flexibility index (Phi) is 4.51. The van der Waals surface area contributed by atoms with Gasteiger partial charge in [-0.2, -0.15) is 5.10 Å². The molecule has 0 saturated heterocycles. The second-order valence-electron chi connectivity index (χ2n) is 5.20. The van der Waals surface area contributed by atoms with Gasteiger partial charge in [-0.1, -0.05) is 6.07 Å². The van der Waals surface area contributed by atoms with Crippen molar-refractivity contribution in [3.8, 4) is 0 Å². The van der Waals surface area contributed by atoms with Crippen LogP contribution in [0.2, 0.25) is 0 Å². The second-order valence-corrected chi connectivity index (χ2v) is 5.20. The van der Waals surface area contributed by atoms with Crippen molar-refractivity contribution in [3.05, 3.63) is 76.6 Å². The van der Waals surface area contributed by atoms with E-state index in [1.165, 1.54) is 37.5 Å². The number of carbonyl (C=O) groups is 1. The molecule has 2 heterocycles. The summed E-state index contributed by atoms with van der Waals surface area (Å²) in [6, 6.07) is 11.9. The Balaban J connectivity index is 1.68. The first kappa shape index (κ1) is 16.3. The number of amides is 1.